The summed E-state index contributed by atoms with van der Waals surface area (Å²) < 4.78 is 42.1. The first-order valence-corrected chi connectivity index (χ1v) is 14.8. The lowest BCUT2D eigenvalue weighted by atomic mass is 9.97. The smallest absolute Gasteiger partial charge is 0.264 e. The summed E-state index contributed by atoms with van der Waals surface area (Å²) in [5, 5.41) is 2.98. The molecule has 0 radical (unpaired) electrons. The van der Waals surface area contributed by atoms with Crippen LogP contribution in [-0.4, -0.2) is 27.4 Å². The number of benzene rings is 3. The molecule has 1 aliphatic heterocycles. The van der Waals surface area contributed by atoms with E-state index >= 15 is 0 Å². The molecule has 0 atom stereocenters. The molecule has 8 heteroatoms. The van der Waals surface area contributed by atoms with Crippen molar-refractivity contribution in [2.24, 2.45) is 0 Å². The van der Waals surface area contributed by atoms with Crippen LogP contribution in [0.25, 0.3) is 0 Å². The van der Waals surface area contributed by atoms with Crippen molar-refractivity contribution in [2.75, 3.05) is 17.4 Å². The van der Waals surface area contributed by atoms with Gasteiger partial charge in [-0.1, -0.05) is 41.6 Å². The maximum atomic E-state index is 13.6. The number of carbonyl (C=O) groups is 1. The van der Waals surface area contributed by atoms with Crippen LogP contribution >= 0.6 is 11.8 Å². The fourth-order valence-corrected chi connectivity index (χ4v) is 7.27. The topological polar surface area (TPSA) is 66.5 Å². The first kappa shape index (κ1) is 25.5. The van der Waals surface area contributed by atoms with E-state index in [2.05, 4.69) is 11.4 Å². The summed E-state index contributed by atoms with van der Waals surface area (Å²) in [7, 11) is -3.86. The minimum Gasteiger partial charge on any atom is -0.352 e. The van der Waals surface area contributed by atoms with E-state index < -0.39 is 10.0 Å². The Kier molecular flexibility index (Phi) is 7.67. The van der Waals surface area contributed by atoms with Gasteiger partial charge in [-0.2, -0.15) is 0 Å². The number of hydrogen-bond donors (Lipinski definition) is 1. The third-order valence-corrected chi connectivity index (χ3v) is 9.68. The summed E-state index contributed by atoms with van der Waals surface area (Å²) in [5.41, 5.74) is 3.32. The van der Waals surface area contributed by atoms with Crippen LogP contribution < -0.4 is 9.62 Å². The van der Waals surface area contributed by atoms with Gasteiger partial charge in [-0.25, -0.2) is 12.8 Å². The molecule has 3 aromatic rings. The Morgan fingerprint density at radius 2 is 1.81 bits per heavy atom. The van der Waals surface area contributed by atoms with E-state index in [1.54, 1.807) is 24.3 Å². The predicted octanol–water partition coefficient (Wildman–Crippen LogP) is 6.35. The standard InChI is InChI=1S/C29H29FN2O3S2/c30-23-10-12-24(13-11-23)36-28-15-14-25(37(34,35)32-19-17-22-8-4-5-9-27(22)32)20-26(28)29(33)31-18-16-21-6-2-1-3-7-21/h4-6,8-15,20H,1-3,7,16-19H2,(H,31,33). The van der Waals surface area contributed by atoms with Crippen LogP contribution in [0.4, 0.5) is 10.1 Å². The third kappa shape index (κ3) is 5.75. The Morgan fingerprint density at radius 1 is 1.00 bits per heavy atom. The molecule has 0 bridgehead atoms. The number of sulfonamides is 1. The first-order valence-electron chi connectivity index (χ1n) is 12.6. The molecule has 2 aliphatic rings. The molecule has 192 valence electrons. The highest BCUT2D eigenvalue weighted by atomic mass is 32.2. The lowest BCUT2D eigenvalue weighted by molar-refractivity contribution is 0.0951. The molecule has 37 heavy (non-hydrogen) atoms. The Morgan fingerprint density at radius 3 is 2.59 bits per heavy atom. The van der Waals surface area contributed by atoms with E-state index in [1.165, 1.54) is 52.7 Å². The largest absolute Gasteiger partial charge is 0.352 e. The minimum absolute atomic E-state index is 0.0767. The van der Waals surface area contributed by atoms with Crippen LogP contribution in [0.15, 0.2) is 93.1 Å². The van der Waals surface area contributed by atoms with Crippen LogP contribution in [0, 0.1) is 5.82 Å². The number of allylic oxidation sites excluding steroid dienone is 1. The van der Waals surface area contributed by atoms with Crippen molar-refractivity contribution in [3.8, 4) is 0 Å². The molecule has 5 nitrogen and oxygen atoms in total. The van der Waals surface area contributed by atoms with E-state index in [-0.39, 0.29) is 16.6 Å². The SMILES string of the molecule is O=C(NCCC1=CCCCC1)c1cc(S(=O)(=O)N2CCc3ccccc32)ccc1Sc1ccc(F)cc1. The number of halogens is 1. The predicted molar refractivity (Wildman–Crippen MR) is 145 cm³/mol. The molecule has 1 amide bonds. The average Bonchev–Trinajstić information content (AvgIpc) is 3.36. The molecule has 1 aliphatic carbocycles. The first-order chi connectivity index (χ1) is 17.9. The van der Waals surface area contributed by atoms with Crippen molar-refractivity contribution in [3.05, 3.63) is 95.3 Å². The van der Waals surface area contributed by atoms with Crippen LogP contribution in [0.2, 0.25) is 0 Å². The fraction of sp³-hybridized carbons (Fsp3) is 0.276. The maximum absolute atomic E-state index is 13.6. The normalized spacial score (nSPS) is 15.3. The van der Waals surface area contributed by atoms with E-state index in [9.17, 15) is 17.6 Å². The van der Waals surface area contributed by atoms with Crippen molar-refractivity contribution in [3.63, 3.8) is 0 Å². The van der Waals surface area contributed by atoms with Gasteiger partial charge < -0.3 is 5.32 Å². The van der Waals surface area contributed by atoms with Crippen LogP contribution in [0.5, 0.6) is 0 Å². The molecule has 0 fully saturated rings. The summed E-state index contributed by atoms with van der Waals surface area (Å²) in [6, 6.07) is 18.2. The van der Waals surface area contributed by atoms with Crippen molar-refractivity contribution >= 4 is 33.4 Å². The molecule has 0 aromatic heterocycles. The Bertz CT molecular complexity index is 1440. The number of hydrogen-bond acceptors (Lipinski definition) is 4. The molecule has 1 N–H and O–H groups in total. The number of anilines is 1. The van der Waals surface area contributed by atoms with Gasteiger partial charge in [0, 0.05) is 22.9 Å². The minimum atomic E-state index is -3.86. The van der Waals surface area contributed by atoms with Gasteiger partial charge in [0.2, 0.25) is 0 Å². The third-order valence-electron chi connectivity index (χ3n) is 6.79. The highest BCUT2D eigenvalue weighted by Gasteiger charge is 2.31. The van der Waals surface area contributed by atoms with Gasteiger partial charge >= 0.3 is 0 Å². The van der Waals surface area contributed by atoms with Crippen LogP contribution in [0.1, 0.15) is 48.0 Å². The summed E-state index contributed by atoms with van der Waals surface area (Å²) in [6.45, 7) is 0.853. The van der Waals surface area contributed by atoms with E-state index in [0.717, 1.165) is 29.7 Å². The van der Waals surface area contributed by atoms with Crippen molar-refractivity contribution in [2.45, 2.75) is 53.2 Å². The summed E-state index contributed by atoms with van der Waals surface area (Å²) >= 11 is 1.31. The maximum Gasteiger partial charge on any atom is 0.264 e. The van der Waals surface area contributed by atoms with Gasteiger partial charge in [-0.05, 0) is 92.6 Å². The lowest BCUT2D eigenvalue weighted by Crippen LogP contribution is -2.30. The molecule has 0 saturated carbocycles. The van der Waals surface area contributed by atoms with Gasteiger partial charge in [0.25, 0.3) is 15.9 Å². The second-order valence-electron chi connectivity index (χ2n) is 9.28. The zero-order chi connectivity index (χ0) is 25.8. The summed E-state index contributed by atoms with van der Waals surface area (Å²) in [6.07, 6.45) is 8.23. The highest BCUT2D eigenvalue weighted by molar-refractivity contribution is 7.99. The van der Waals surface area contributed by atoms with Gasteiger partial charge in [0.05, 0.1) is 16.1 Å². The quantitative estimate of drug-likeness (QED) is 0.341. The number of nitrogens with zero attached hydrogens (tertiary/aromatic N) is 1. The van der Waals surface area contributed by atoms with E-state index in [1.807, 2.05) is 24.3 Å². The van der Waals surface area contributed by atoms with Gasteiger partial charge in [-0.3, -0.25) is 9.10 Å². The Hall–Kier alpha value is -3.10. The van der Waals surface area contributed by atoms with Gasteiger partial charge in [0.1, 0.15) is 5.82 Å². The molecular weight excluding hydrogens is 507 g/mol. The number of amides is 1. The van der Waals surface area contributed by atoms with Crippen LogP contribution in [-0.2, 0) is 16.4 Å². The van der Waals surface area contributed by atoms with Crippen molar-refractivity contribution < 1.29 is 17.6 Å². The summed E-state index contributed by atoms with van der Waals surface area (Å²) in [5.74, 6) is -0.661. The molecule has 0 unspecified atom stereocenters. The van der Waals surface area contributed by atoms with Crippen molar-refractivity contribution in [1.82, 2.24) is 5.32 Å². The Balaban J connectivity index is 1.43. The van der Waals surface area contributed by atoms with Gasteiger partial charge in [0.15, 0.2) is 0 Å². The zero-order valence-electron chi connectivity index (χ0n) is 20.5. The van der Waals surface area contributed by atoms with E-state index in [0.29, 0.717) is 35.7 Å². The number of para-hydroxylation sites is 1. The lowest BCUT2D eigenvalue weighted by Gasteiger charge is -2.20. The monoisotopic (exact) mass is 536 g/mol. The fourth-order valence-electron chi connectivity index (χ4n) is 4.81. The molecule has 5 rings (SSSR count). The summed E-state index contributed by atoms with van der Waals surface area (Å²) in [4.78, 5) is 14.8. The van der Waals surface area contributed by atoms with Gasteiger partial charge in [-0.15, -0.1) is 0 Å². The second kappa shape index (κ2) is 11.1. The number of nitrogens with one attached hydrogen (secondary N) is 1. The van der Waals surface area contributed by atoms with E-state index in [4.69, 9.17) is 0 Å². The molecule has 0 spiro atoms. The molecule has 1 heterocycles. The van der Waals surface area contributed by atoms with Crippen molar-refractivity contribution in [1.29, 1.82) is 0 Å². The number of rotatable bonds is 8. The highest BCUT2D eigenvalue weighted by Crippen LogP contribution is 2.36. The number of carbonyl (C=O) groups excluding carboxylic acids is 1. The number of fused-ring (bicyclic) bond motifs is 1. The zero-order valence-corrected chi connectivity index (χ0v) is 22.1. The molecule has 3 aromatic carbocycles. The average molecular weight is 537 g/mol. The molecular formula is C29H29FN2O3S2. The van der Waals surface area contributed by atoms with Crippen LogP contribution in [0.3, 0.4) is 0 Å². The molecule has 0 saturated heterocycles. The second-order valence-corrected chi connectivity index (χ2v) is 12.3. The Labute approximate surface area is 221 Å².